The van der Waals surface area contributed by atoms with Crippen LogP contribution in [-0.2, 0) is 0 Å². The van der Waals surface area contributed by atoms with Crippen LogP contribution in [0, 0.1) is 10.1 Å². The fourth-order valence-electron chi connectivity index (χ4n) is 2.17. The molecule has 3 rings (SSSR count). The van der Waals surface area contributed by atoms with E-state index in [9.17, 15) is 19.7 Å². The van der Waals surface area contributed by atoms with Crippen molar-refractivity contribution < 1.29 is 19.2 Å². The molecule has 0 radical (unpaired) electrons. The van der Waals surface area contributed by atoms with Gasteiger partial charge >= 0.3 is 0 Å². The number of carbonyl (C=O) groups excluding carboxylic acids is 2. The number of benzene rings is 1. The lowest BCUT2D eigenvalue weighted by Crippen LogP contribution is -2.62. The Hall–Kier alpha value is -3.00. The minimum atomic E-state index is -0.706. The molecule has 1 aliphatic heterocycles. The molecule has 22 heavy (non-hydrogen) atoms. The van der Waals surface area contributed by atoms with Crippen molar-refractivity contribution >= 4 is 34.9 Å². The van der Waals surface area contributed by atoms with Crippen LogP contribution < -0.4 is 15.4 Å². The second kappa shape index (κ2) is 4.78. The Morgan fingerprint density at radius 2 is 1.82 bits per heavy atom. The van der Waals surface area contributed by atoms with Crippen LogP contribution in [0.1, 0.15) is 20.7 Å². The predicted molar refractivity (Wildman–Crippen MR) is 76.0 cm³/mol. The van der Waals surface area contributed by atoms with Crippen molar-refractivity contribution in [3.05, 3.63) is 62.8 Å². The third-order valence-corrected chi connectivity index (χ3v) is 3.42. The van der Waals surface area contributed by atoms with E-state index >= 15 is 0 Å². The van der Waals surface area contributed by atoms with E-state index in [-0.39, 0.29) is 27.7 Å². The zero-order valence-corrected chi connectivity index (χ0v) is 11.6. The lowest BCUT2D eigenvalue weighted by molar-refractivity contribution is -0.656. The number of nitrogens with two attached hydrogens (primary N) is 1. The summed E-state index contributed by atoms with van der Waals surface area (Å²) in [6.45, 7) is 0. The Kier molecular flexibility index (Phi) is 3.03. The van der Waals surface area contributed by atoms with Crippen molar-refractivity contribution in [1.29, 1.82) is 0 Å². The van der Waals surface area contributed by atoms with Crippen LogP contribution in [-0.4, -0.2) is 16.7 Å². The highest BCUT2D eigenvalue weighted by molar-refractivity contribution is 6.31. The molecule has 1 aromatic carbocycles. The van der Waals surface area contributed by atoms with Crippen molar-refractivity contribution in [3.8, 4) is 0 Å². The first-order valence-electron chi connectivity index (χ1n) is 6.04. The van der Waals surface area contributed by atoms with E-state index in [1.165, 1.54) is 30.5 Å². The number of carbonyl (C=O) groups is 2. The molecule has 2 aromatic rings. The van der Waals surface area contributed by atoms with Gasteiger partial charge in [-0.2, -0.15) is 0 Å². The molecule has 0 atom stereocenters. The highest BCUT2D eigenvalue weighted by Crippen LogP contribution is 2.25. The molecule has 8 nitrogen and oxygen atoms in total. The van der Waals surface area contributed by atoms with E-state index in [1.807, 2.05) is 0 Å². The Morgan fingerprint density at radius 3 is 2.50 bits per heavy atom. The van der Waals surface area contributed by atoms with Gasteiger partial charge in [-0.05, 0) is 12.1 Å². The number of halogens is 1. The van der Waals surface area contributed by atoms with Crippen molar-refractivity contribution in [3.63, 3.8) is 0 Å². The second-order valence-corrected chi connectivity index (χ2v) is 4.96. The number of non-ortho nitro benzene ring substituents is 1. The van der Waals surface area contributed by atoms with Gasteiger partial charge in [-0.3, -0.25) is 25.4 Å². The van der Waals surface area contributed by atoms with Gasteiger partial charge < -0.3 is 0 Å². The van der Waals surface area contributed by atoms with E-state index < -0.39 is 16.7 Å². The maximum atomic E-state index is 12.4. The first kappa shape index (κ1) is 14.0. The number of hydrogen-bond donors (Lipinski definition) is 1. The lowest BCUT2D eigenvalue weighted by Gasteiger charge is -2.12. The number of anilines is 1. The average molecular weight is 320 g/mol. The van der Waals surface area contributed by atoms with Crippen molar-refractivity contribution in [1.82, 2.24) is 0 Å². The number of nitrogen functional groups attached to an aromatic ring is 1. The van der Waals surface area contributed by atoms with Crippen LogP contribution in [0.2, 0.25) is 5.02 Å². The molecular weight excluding hydrogens is 312 g/mol. The van der Waals surface area contributed by atoms with E-state index in [2.05, 4.69) is 0 Å². The molecule has 0 aliphatic carbocycles. The van der Waals surface area contributed by atoms with Crippen LogP contribution in [0.3, 0.4) is 0 Å². The Morgan fingerprint density at radius 1 is 1.14 bits per heavy atom. The van der Waals surface area contributed by atoms with Crippen LogP contribution in [0.5, 0.6) is 0 Å². The van der Waals surface area contributed by atoms with Gasteiger partial charge in [0.1, 0.15) is 6.20 Å². The summed E-state index contributed by atoms with van der Waals surface area (Å²) in [6.07, 6.45) is 1.31. The van der Waals surface area contributed by atoms with E-state index in [1.54, 1.807) is 0 Å². The normalized spacial score (nSPS) is 13.4. The van der Waals surface area contributed by atoms with Crippen LogP contribution in [0.15, 0.2) is 36.5 Å². The Balaban J connectivity index is 2.14. The molecule has 2 heterocycles. The molecule has 0 fully saturated rings. The average Bonchev–Trinajstić information content (AvgIpc) is 2.73. The number of rotatable bonds is 2. The zero-order chi connectivity index (χ0) is 16.0. The molecule has 1 aromatic heterocycles. The number of amides is 2. The molecule has 0 saturated heterocycles. The summed E-state index contributed by atoms with van der Waals surface area (Å²) in [7, 11) is 0. The zero-order valence-electron chi connectivity index (χ0n) is 10.9. The van der Waals surface area contributed by atoms with Gasteiger partial charge in [-0.25, -0.2) is 0 Å². The number of nitrogens with zero attached hydrogens (tertiary/aromatic N) is 3. The topological polar surface area (TPSA) is 110 Å². The SMILES string of the molecule is Nc1ccc(Cl)c[n+]1N1C(=O)c2ccc([N+](=O)[O-])cc2C1=O. The number of pyridine rings is 1. The molecule has 0 unspecified atom stereocenters. The molecular formula is C13H8ClN4O4+. The number of imide groups is 1. The van der Waals surface area contributed by atoms with Gasteiger partial charge in [0.2, 0.25) is 0 Å². The first-order chi connectivity index (χ1) is 10.4. The van der Waals surface area contributed by atoms with E-state index in [0.717, 1.165) is 15.8 Å². The number of fused-ring (bicyclic) bond motifs is 1. The summed E-state index contributed by atoms with van der Waals surface area (Å²) < 4.78 is 1.11. The molecule has 9 heteroatoms. The number of hydrogen-bond acceptors (Lipinski definition) is 5. The maximum Gasteiger partial charge on any atom is 0.298 e. The lowest BCUT2D eigenvalue weighted by atomic mass is 10.1. The van der Waals surface area contributed by atoms with E-state index in [0.29, 0.717) is 0 Å². The monoisotopic (exact) mass is 319 g/mol. The van der Waals surface area contributed by atoms with E-state index in [4.69, 9.17) is 17.3 Å². The van der Waals surface area contributed by atoms with Gasteiger partial charge in [0.05, 0.1) is 21.1 Å². The number of nitro groups is 1. The molecule has 110 valence electrons. The Labute approximate surface area is 128 Å². The molecule has 2 amide bonds. The van der Waals surface area contributed by atoms with Crippen LogP contribution in [0.4, 0.5) is 11.5 Å². The third kappa shape index (κ3) is 1.97. The minimum Gasteiger partial charge on any atom is -0.285 e. The predicted octanol–water partition coefficient (Wildman–Crippen LogP) is 1.05. The molecule has 1 aliphatic rings. The van der Waals surface area contributed by atoms with Crippen molar-refractivity contribution in [2.24, 2.45) is 0 Å². The summed E-state index contributed by atoms with van der Waals surface area (Å²) in [6, 6.07) is 6.43. The summed E-state index contributed by atoms with van der Waals surface area (Å²) >= 11 is 5.85. The van der Waals surface area contributed by atoms with Crippen molar-refractivity contribution in [2.45, 2.75) is 0 Å². The smallest absolute Gasteiger partial charge is 0.285 e. The Bertz CT molecular complexity index is 852. The summed E-state index contributed by atoms with van der Waals surface area (Å²) in [4.78, 5) is 34.9. The largest absolute Gasteiger partial charge is 0.298 e. The summed E-state index contributed by atoms with van der Waals surface area (Å²) in [5.74, 6) is -1.22. The van der Waals surface area contributed by atoms with Crippen LogP contribution >= 0.6 is 11.6 Å². The molecule has 0 bridgehead atoms. The van der Waals surface area contributed by atoms with Gasteiger partial charge in [0.15, 0.2) is 0 Å². The molecule has 0 saturated carbocycles. The van der Waals surface area contributed by atoms with Gasteiger partial charge in [-0.1, -0.05) is 16.6 Å². The fourth-order valence-corrected chi connectivity index (χ4v) is 2.33. The first-order valence-corrected chi connectivity index (χ1v) is 6.42. The molecule has 2 N–H and O–H groups in total. The summed E-state index contributed by atoms with van der Waals surface area (Å²) in [5, 5.41) is 11.9. The van der Waals surface area contributed by atoms with Gasteiger partial charge in [0.25, 0.3) is 23.3 Å². The van der Waals surface area contributed by atoms with Gasteiger partial charge in [0, 0.05) is 18.2 Å². The second-order valence-electron chi connectivity index (χ2n) is 4.53. The molecule has 0 spiro atoms. The van der Waals surface area contributed by atoms with Gasteiger partial charge in [-0.15, -0.1) is 4.68 Å². The standard InChI is InChI=1S/C13H7ClN4O4/c14-7-1-4-11(15)16(6-7)17-12(19)9-3-2-8(18(21)22)5-10(9)13(17)20/h1-6,15H/p+1. The van der Waals surface area contributed by atoms with Crippen molar-refractivity contribution in [2.75, 3.05) is 10.7 Å². The quantitative estimate of drug-likeness (QED) is 0.385. The third-order valence-electron chi connectivity index (χ3n) is 3.20. The fraction of sp³-hybridized carbons (Fsp3) is 0. The maximum absolute atomic E-state index is 12.4. The summed E-state index contributed by atoms with van der Waals surface area (Å²) in [5.41, 5.74) is 5.51. The highest BCUT2D eigenvalue weighted by atomic mass is 35.5. The number of nitro benzene ring substituents is 1. The van der Waals surface area contributed by atoms with Crippen LogP contribution in [0.25, 0.3) is 0 Å². The number of aromatic nitrogens is 1. The highest BCUT2D eigenvalue weighted by Gasteiger charge is 2.41. The minimum absolute atomic E-state index is 0.0499.